The van der Waals surface area contributed by atoms with E-state index in [0.29, 0.717) is 24.2 Å². The quantitative estimate of drug-likeness (QED) is 0.442. The van der Waals surface area contributed by atoms with Gasteiger partial charge in [-0.1, -0.05) is 11.6 Å². The predicted octanol–water partition coefficient (Wildman–Crippen LogP) is 1.37. The summed E-state index contributed by atoms with van der Waals surface area (Å²) in [6.45, 7) is 1.90. The van der Waals surface area contributed by atoms with Gasteiger partial charge >= 0.3 is 5.97 Å². The highest BCUT2D eigenvalue weighted by atomic mass is 16.5. The van der Waals surface area contributed by atoms with Crippen LogP contribution in [0.5, 0.6) is 0 Å². The zero-order chi connectivity index (χ0) is 15.4. The summed E-state index contributed by atoms with van der Waals surface area (Å²) >= 11 is 0. The maximum absolute atomic E-state index is 12.3. The van der Waals surface area contributed by atoms with Crippen LogP contribution in [0.1, 0.15) is 19.8 Å². The molecule has 1 amide bonds. The van der Waals surface area contributed by atoms with Crippen LogP contribution in [0.15, 0.2) is 35.9 Å². The standard InChI is InChI=1S/C15H18N2O4/c1-9-2-7-12(15(19)20)13(8-9)14(18)16-10-3-5-11(17-21)6-4-10/h2-6,12-13H,7-8,17H2,1H3,(H,16,18)(H,19,20). The molecular formula is C15H18N2O4. The highest BCUT2D eigenvalue weighted by Gasteiger charge is 2.35. The minimum Gasteiger partial charge on any atom is -0.630 e. The first-order valence-electron chi connectivity index (χ1n) is 6.76. The van der Waals surface area contributed by atoms with Gasteiger partial charge in [-0.05, 0) is 31.9 Å². The Morgan fingerprint density at radius 3 is 2.52 bits per heavy atom. The minimum absolute atomic E-state index is 0.297. The molecule has 0 saturated heterocycles. The van der Waals surface area contributed by atoms with Crippen molar-refractivity contribution in [2.24, 2.45) is 11.8 Å². The average molecular weight is 290 g/mol. The first-order chi connectivity index (χ1) is 10.0. The van der Waals surface area contributed by atoms with E-state index in [0.717, 1.165) is 11.1 Å². The Hall–Kier alpha value is -2.18. The second kappa shape index (κ2) is 6.51. The molecule has 1 aromatic rings. The molecule has 4 N–H and O–H groups in total. The van der Waals surface area contributed by atoms with Gasteiger partial charge in [0.2, 0.25) is 5.91 Å². The molecule has 1 aliphatic rings. The first-order valence-corrected chi connectivity index (χ1v) is 6.76. The smallest absolute Gasteiger partial charge is 0.307 e. The highest BCUT2D eigenvalue weighted by molar-refractivity contribution is 5.95. The average Bonchev–Trinajstić information content (AvgIpc) is 2.47. The number of rotatable bonds is 4. The molecular weight excluding hydrogens is 272 g/mol. The monoisotopic (exact) mass is 290 g/mol. The van der Waals surface area contributed by atoms with Gasteiger partial charge in [0, 0.05) is 17.8 Å². The van der Waals surface area contributed by atoms with E-state index >= 15 is 0 Å². The van der Waals surface area contributed by atoms with Crippen molar-refractivity contribution >= 4 is 23.3 Å². The number of carboxylic acids is 1. The SMILES string of the molecule is CC1=CCC(C(=O)O)C(C(=O)Nc2ccc([NH2+][O-])cc2)C1. The third kappa shape index (κ3) is 3.68. The van der Waals surface area contributed by atoms with Crippen LogP contribution >= 0.6 is 0 Å². The van der Waals surface area contributed by atoms with Gasteiger partial charge in [-0.3, -0.25) is 9.59 Å². The van der Waals surface area contributed by atoms with Crippen molar-refractivity contribution in [1.82, 2.24) is 0 Å². The van der Waals surface area contributed by atoms with Gasteiger partial charge < -0.3 is 21.1 Å². The Labute approximate surface area is 122 Å². The minimum atomic E-state index is -0.949. The number of quaternary nitrogens is 1. The Balaban J connectivity index is 2.10. The molecule has 112 valence electrons. The van der Waals surface area contributed by atoms with E-state index in [1.807, 2.05) is 13.0 Å². The number of nitrogens with one attached hydrogen (secondary N) is 1. The van der Waals surface area contributed by atoms with Gasteiger partial charge in [-0.2, -0.15) is 0 Å². The third-order valence-electron chi connectivity index (χ3n) is 3.72. The van der Waals surface area contributed by atoms with Crippen LogP contribution in [0.25, 0.3) is 0 Å². The Kier molecular flexibility index (Phi) is 4.72. The Bertz CT molecular complexity index is 566. The zero-order valence-electron chi connectivity index (χ0n) is 11.7. The second-order valence-electron chi connectivity index (χ2n) is 5.27. The van der Waals surface area contributed by atoms with E-state index < -0.39 is 17.8 Å². The lowest BCUT2D eigenvalue weighted by Crippen LogP contribution is -2.70. The van der Waals surface area contributed by atoms with Crippen molar-refractivity contribution < 1.29 is 20.2 Å². The number of nitrogens with two attached hydrogens (primary N) is 1. The number of benzene rings is 1. The van der Waals surface area contributed by atoms with Gasteiger partial charge in [0.1, 0.15) is 5.69 Å². The van der Waals surface area contributed by atoms with Crippen molar-refractivity contribution in [2.75, 3.05) is 5.32 Å². The molecule has 0 spiro atoms. The zero-order valence-corrected chi connectivity index (χ0v) is 11.7. The molecule has 2 unspecified atom stereocenters. The van der Waals surface area contributed by atoms with Crippen LogP contribution in [0.2, 0.25) is 0 Å². The molecule has 2 atom stereocenters. The molecule has 0 saturated carbocycles. The van der Waals surface area contributed by atoms with E-state index in [1.54, 1.807) is 24.3 Å². The molecule has 1 aromatic carbocycles. The lowest BCUT2D eigenvalue weighted by Gasteiger charge is -2.26. The van der Waals surface area contributed by atoms with Crippen molar-refractivity contribution in [3.63, 3.8) is 0 Å². The number of carbonyl (C=O) groups excluding carboxylic acids is 1. The fraction of sp³-hybridized carbons (Fsp3) is 0.333. The Morgan fingerprint density at radius 2 is 1.95 bits per heavy atom. The van der Waals surface area contributed by atoms with E-state index in [2.05, 4.69) is 5.32 Å². The maximum atomic E-state index is 12.3. The summed E-state index contributed by atoms with van der Waals surface area (Å²) in [6.07, 6.45) is 2.71. The number of carbonyl (C=O) groups is 2. The molecule has 0 radical (unpaired) electrons. The molecule has 0 fully saturated rings. The normalized spacial score (nSPS) is 21.5. The molecule has 21 heavy (non-hydrogen) atoms. The number of anilines is 1. The molecule has 1 aliphatic carbocycles. The molecule has 0 bridgehead atoms. The van der Waals surface area contributed by atoms with Crippen LogP contribution < -0.4 is 10.8 Å². The summed E-state index contributed by atoms with van der Waals surface area (Å²) in [4.78, 5) is 23.6. The number of hydrogen-bond donors (Lipinski definition) is 3. The first kappa shape index (κ1) is 15.2. The molecule has 2 rings (SSSR count). The summed E-state index contributed by atoms with van der Waals surface area (Å²) in [5.74, 6) is -2.51. The molecule has 0 heterocycles. The van der Waals surface area contributed by atoms with E-state index in [-0.39, 0.29) is 5.91 Å². The molecule has 0 aliphatic heterocycles. The van der Waals surface area contributed by atoms with Crippen LogP contribution in [0, 0.1) is 17.0 Å². The van der Waals surface area contributed by atoms with Gasteiger partial charge in [-0.15, -0.1) is 0 Å². The van der Waals surface area contributed by atoms with Crippen LogP contribution in [-0.2, 0) is 9.59 Å². The summed E-state index contributed by atoms with van der Waals surface area (Å²) in [6, 6.07) is 6.46. The van der Waals surface area contributed by atoms with Crippen molar-refractivity contribution in [1.29, 1.82) is 0 Å². The van der Waals surface area contributed by atoms with Crippen molar-refractivity contribution in [2.45, 2.75) is 19.8 Å². The van der Waals surface area contributed by atoms with E-state index in [9.17, 15) is 19.9 Å². The predicted molar refractivity (Wildman–Crippen MR) is 77.6 cm³/mol. The maximum Gasteiger partial charge on any atom is 0.307 e. The van der Waals surface area contributed by atoms with Crippen molar-refractivity contribution in [3.8, 4) is 0 Å². The summed E-state index contributed by atoms with van der Waals surface area (Å²) in [5, 5.41) is 22.5. The lowest BCUT2D eigenvalue weighted by atomic mass is 9.79. The number of amides is 1. The topological polar surface area (TPSA) is 106 Å². The molecule has 0 aromatic heterocycles. The highest BCUT2D eigenvalue weighted by Crippen LogP contribution is 2.31. The van der Waals surface area contributed by atoms with E-state index in [1.165, 1.54) is 0 Å². The fourth-order valence-electron chi connectivity index (χ4n) is 2.49. The summed E-state index contributed by atoms with van der Waals surface area (Å²) in [5.41, 5.74) is 2.83. The third-order valence-corrected chi connectivity index (χ3v) is 3.72. The largest absolute Gasteiger partial charge is 0.630 e. The number of hydrogen-bond acceptors (Lipinski definition) is 3. The number of carboxylic acid groups (broad SMARTS) is 1. The van der Waals surface area contributed by atoms with Gasteiger partial charge in [0.05, 0.1) is 11.8 Å². The van der Waals surface area contributed by atoms with Crippen LogP contribution in [0.4, 0.5) is 11.4 Å². The van der Waals surface area contributed by atoms with Crippen LogP contribution in [0.3, 0.4) is 0 Å². The summed E-state index contributed by atoms with van der Waals surface area (Å²) in [7, 11) is 0. The summed E-state index contributed by atoms with van der Waals surface area (Å²) < 4.78 is 0. The molecule has 6 nitrogen and oxygen atoms in total. The van der Waals surface area contributed by atoms with Gasteiger partial charge in [0.25, 0.3) is 0 Å². The number of aliphatic carboxylic acids is 1. The van der Waals surface area contributed by atoms with Crippen molar-refractivity contribution in [3.05, 3.63) is 41.1 Å². The van der Waals surface area contributed by atoms with Gasteiger partial charge in [-0.25, -0.2) is 0 Å². The number of allylic oxidation sites excluding steroid dienone is 2. The Morgan fingerprint density at radius 1 is 1.29 bits per heavy atom. The lowest BCUT2D eigenvalue weighted by molar-refractivity contribution is -0.497. The van der Waals surface area contributed by atoms with E-state index in [4.69, 9.17) is 0 Å². The van der Waals surface area contributed by atoms with Crippen LogP contribution in [-0.4, -0.2) is 17.0 Å². The van der Waals surface area contributed by atoms with Gasteiger partial charge in [0.15, 0.2) is 0 Å². The molecule has 6 heteroatoms. The second-order valence-corrected chi connectivity index (χ2v) is 5.27. The fourth-order valence-corrected chi connectivity index (χ4v) is 2.49.